The molecule has 12 aromatic rings. The number of benzene rings is 11. The lowest BCUT2D eigenvalue weighted by atomic mass is 9.82. The molecule has 1 unspecified atom stereocenters. The number of aromatic nitrogens is 1. The number of hydrogen-bond acceptors (Lipinski definition) is 0. The fraction of sp³-hybridized carbons (Fsp3) is 0.0357. The van der Waals surface area contributed by atoms with Crippen LogP contribution in [0.25, 0.3) is 126 Å². The van der Waals surface area contributed by atoms with E-state index in [0.29, 0.717) is 5.92 Å². The fourth-order valence-electron chi connectivity index (χ4n) is 11.1. The van der Waals surface area contributed by atoms with Gasteiger partial charge in [0, 0.05) is 33.2 Å². The van der Waals surface area contributed by atoms with E-state index in [1.165, 1.54) is 130 Å². The molecule has 0 bridgehead atoms. The molecular weight excluding hydrogens is 687 g/mol. The van der Waals surface area contributed by atoms with Crippen molar-refractivity contribution in [1.29, 1.82) is 0 Å². The van der Waals surface area contributed by atoms with Gasteiger partial charge in [-0.3, -0.25) is 0 Å². The lowest BCUT2D eigenvalue weighted by Crippen LogP contribution is -2.23. The highest BCUT2D eigenvalue weighted by Crippen LogP contribution is 2.48. The Bertz CT molecular complexity index is 3890. The van der Waals surface area contributed by atoms with Gasteiger partial charge in [-0.25, -0.2) is 0 Å². The zero-order valence-corrected chi connectivity index (χ0v) is 31.1. The van der Waals surface area contributed by atoms with Gasteiger partial charge in [-0.05, 0) is 135 Å². The Morgan fingerprint density at radius 2 is 1.11 bits per heavy atom. The second kappa shape index (κ2) is 10.8. The van der Waals surface area contributed by atoms with Gasteiger partial charge in [0.15, 0.2) is 0 Å². The highest BCUT2D eigenvalue weighted by molar-refractivity contribution is 6.38. The van der Waals surface area contributed by atoms with Crippen LogP contribution >= 0.6 is 0 Å². The molecule has 1 aromatic heterocycles. The number of fused-ring (bicyclic) bond motifs is 10. The zero-order valence-electron chi connectivity index (χ0n) is 31.1. The molecular formula is C56H33N. The summed E-state index contributed by atoms with van der Waals surface area (Å²) in [6, 6.07) is 60.0. The summed E-state index contributed by atoms with van der Waals surface area (Å²) < 4.78 is 2.56. The van der Waals surface area contributed by atoms with Gasteiger partial charge in [0.2, 0.25) is 0 Å². The quantitative estimate of drug-likeness (QED) is 0.157. The third kappa shape index (κ3) is 3.88. The molecule has 0 N–H and O–H groups in total. The molecule has 1 atom stereocenters. The van der Waals surface area contributed by atoms with Crippen molar-refractivity contribution in [2.75, 3.05) is 0 Å². The van der Waals surface area contributed by atoms with Crippen LogP contribution in [0.3, 0.4) is 0 Å². The molecule has 2 aliphatic rings. The van der Waals surface area contributed by atoms with Crippen LogP contribution in [0.5, 0.6) is 0 Å². The van der Waals surface area contributed by atoms with Crippen molar-refractivity contribution in [1.82, 2.24) is 4.57 Å². The molecule has 0 aliphatic heterocycles. The van der Waals surface area contributed by atoms with Crippen LogP contribution in [0.4, 0.5) is 0 Å². The van der Waals surface area contributed by atoms with Crippen molar-refractivity contribution in [2.45, 2.75) is 12.3 Å². The average Bonchev–Trinajstić information content (AvgIpc) is 3.62. The topological polar surface area (TPSA) is 4.93 Å². The first kappa shape index (κ1) is 30.1. The minimum Gasteiger partial charge on any atom is -0.309 e. The van der Waals surface area contributed by atoms with E-state index in [1.807, 2.05) is 0 Å². The van der Waals surface area contributed by atoms with E-state index in [9.17, 15) is 0 Å². The summed E-state index contributed by atoms with van der Waals surface area (Å²) in [4.78, 5) is 0. The second-order valence-electron chi connectivity index (χ2n) is 16.3. The van der Waals surface area contributed by atoms with E-state index in [4.69, 9.17) is 0 Å². The molecule has 0 saturated carbocycles. The van der Waals surface area contributed by atoms with E-state index in [0.717, 1.165) is 6.42 Å². The largest absolute Gasteiger partial charge is 0.309 e. The molecule has 2 aliphatic carbocycles. The minimum absolute atomic E-state index is 0.455. The molecule has 0 spiro atoms. The number of nitrogens with zero attached hydrogens (tertiary/aromatic N) is 1. The molecule has 57 heavy (non-hydrogen) atoms. The third-order valence-corrected chi connectivity index (χ3v) is 13.5. The Hall–Kier alpha value is -7.22. The number of rotatable bonds is 2. The molecule has 1 heteroatoms. The van der Waals surface area contributed by atoms with Gasteiger partial charge < -0.3 is 4.57 Å². The third-order valence-electron chi connectivity index (χ3n) is 13.5. The van der Waals surface area contributed by atoms with Crippen molar-refractivity contribution >= 4 is 109 Å². The maximum Gasteiger partial charge on any atom is 0.0626 e. The van der Waals surface area contributed by atoms with Crippen LogP contribution in [0.2, 0.25) is 0 Å². The van der Waals surface area contributed by atoms with Crippen LogP contribution in [-0.2, 0) is 0 Å². The van der Waals surface area contributed by atoms with Gasteiger partial charge >= 0.3 is 0 Å². The van der Waals surface area contributed by atoms with Gasteiger partial charge in [0.05, 0.1) is 11.0 Å². The Morgan fingerprint density at radius 3 is 1.93 bits per heavy atom. The highest BCUT2D eigenvalue weighted by Gasteiger charge is 2.24. The lowest BCUT2D eigenvalue weighted by Gasteiger charge is -2.23. The summed E-state index contributed by atoms with van der Waals surface area (Å²) >= 11 is 0. The Morgan fingerprint density at radius 1 is 0.439 bits per heavy atom. The van der Waals surface area contributed by atoms with E-state index in [-0.39, 0.29) is 0 Å². The Kier molecular flexibility index (Phi) is 5.67. The molecule has 11 aromatic carbocycles. The standard InChI is InChI=1S/C56H33N/c1-3-15-44-42(13-1)47(40-27-36-23-19-32-9-7-10-33-20-24-37(28-40)52(36)50(32)33)31-48-43-14-2-4-16-45(43)56-55(54(44)48)46-17-5-6-18-49(46)57(56)41-29-38-25-21-34-11-8-12-35-22-26-39(30-41)53(38)51(34)35/h1-21,23-31,35H,22H2. The molecule has 0 amide bonds. The molecule has 1 nitrogen and oxygen atoms in total. The van der Waals surface area contributed by atoms with Crippen LogP contribution in [-0.4, -0.2) is 4.57 Å². The SMILES string of the molecule is C1=CC2CC=c3cc(-n4c5ccccc5c5c6c7ccccc7c(-c7cc8ccc9cccc%10ccc(c7)c8c9%10)cc6c6ccccc6c54)cc4ccc(c2c34)=C1. The van der Waals surface area contributed by atoms with E-state index >= 15 is 0 Å². The molecule has 0 fully saturated rings. The van der Waals surface area contributed by atoms with E-state index < -0.39 is 0 Å². The second-order valence-corrected chi connectivity index (χ2v) is 16.3. The van der Waals surface area contributed by atoms with Crippen LogP contribution in [0, 0.1) is 0 Å². The van der Waals surface area contributed by atoms with Gasteiger partial charge in [-0.2, -0.15) is 0 Å². The van der Waals surface area contributed by atoms with Crippen molar-refractivity contribution in [2.24, 2.45) is 0 Å². The first-order valence-electron chi connectivity index (χ1n) is 20.2. The lowest BCUT2D eigenvalue weighted by molar-refractivity contribution is 0.877. The first-order valence-corrected chi connectivity index (χ1v) is 20.2. The van der Waals surface area contributed by atoms with E-state index in [1.54, 1.807) is 0 Å². The van der Waals surface area contributed by atoms with Gasteiger partial charge in [-0.15, -0.1) is 0 Å². The van der Waals surface area contributed by atoms with Crippen molar-refractivity contribution in [3.05, 3.63) is 186 Å². The highest BCUT2D eigenvalue weighted by atomic mass is 15.0. The summed E-state index contributed by atoms with van der Waals surface area (Å²) in [7, 11) is 0. The normalized spacial score (nSPS) is 15.0. The van der Waals surface area contributed by atoms with Crippen LogP contribution in [0.15, 0.2) is 170 Å². The zero-order chi connectivity index (χ0) is 36.9. The predicted molar refractivity (Wildman–Crippen MR) is 245 cm³/mol. The van der Waals surface area contributed by atoms with Gasteiger partial charge in [-0.1, -0.05) is 146 Å². The number of hydrogen-bond donors (Lipinski definition) is 0. The summed E-state index contributed by atoms with van der Waals surface area (Å²) in [6.07, 6.45) is 10.4. The molecule has 262 valence electrons. The van der Waals surface area contributed by atoms with E-state index in [2.05, 4.69) is 187 Å². The first-order chi connectivity index (χ1) is 28.3. The molecule has 0 radical (unpaired) electrons. The fourth-order valence-corrected chi connectivity index (χ4v) is 11.1. The molecule has 0 saturated heterocycles. The van der Waals surface area contributed by atoms with Gasteiger partial charge in [0.25, 0.3) is 0 Å². The monoisotopic (exact) mass is 719 g/mol. The van der Waals surface area contributed by atoms with Crippen molar-refractivity contribution in [3.63, 3.8) is 0 Å². The molecule has 14 rings (SSSR count). The summed E-state index contributed by atoms with van der Waals surface area (Å²) in [6.45, 7) is 0. The Labute approximate surface area is 327 Å². The summed E-state index contributed by atoms with van der Waals surface area (Å²) in [5.41, 5.74) is 7.74. The maximum atomic E-state index is 2.56. The maximum absolute atomic E-state index is 2.56. The van der Waals surface area contributed by atoms with Crippen LogP contribution in [0.1, 0.15) is 17.9 Å². The summed E-state index contributed by atoms with van der Waals surface area (Å²) in [5.74, 6) is 0.455. The summed E-state index contributed by atoms with van der Waals surface area (Å²) in [5, 5.41) is 23.7. The average molecular weight is 720 g/mol. The van der Waals surface area contributed by atoms with Gasteiger partial charge in [0.1, 0.15) is 0 Å². The Balaban J connectivity index is 1.12. The smallest absolute Gasteiger partial charge is 0.0626 e. The van der Waals surface area contributed by atoms with Crippen molar-refractivity contribution < 1.29 is 0 Å². The minimum atomic E-state index is 0.455. The molecule has 1 heterocycles. The number of allylic oxidation sites excluding steroid dienone is 2. The van der Waals surface area contributed by atoms with Crippen LogP contribution < -0.4 is 10.4 Å². The van der Waals surface area contributed by atoms with Crippen molar-refractivity contribution in [3.8, 4) is 16.8 Å². The predicted octanol–water partition coefficient (Wildman–Crippen LogP) is 13.6. The number of para-hydroxylation sites is 1.